The maximum atomic E-state index is 13.8. The van der Waals surface area contributed by atoms with Crippen molar-refractivity contribution in [1.29, 1.82) is 0 Å². The van der Waals surface area contributed by atoms with Crippen LogP contribution < -0.4 is 29.3 Å². The molecule has 0 amide bonds. The first-order valence-corrected chi connectivity index (χ1v) is 12.9. The van der Waals surface area contributed by atoms with Gasteiger partial charge in [0.1, 0.15) is 23.3 Å². The molecular formula is C27H31N3O6S. The van der Waals surface area contributed by atoms with Crippen LogP contribution in [0.3, 0.4) is 0 Å². The number of thiazole rings is 1. The largest absolute Gasteiger partial charge is 0.497 e. The third-order valence-electron chi connectivity index (χ3n) is 6.21. The molecule has 1 unspecified atom stereocenters. The quantitative estimate of drug-likeness (QED) is 0.396. The molecule has 1 atom stereocenters. The average Bonchev–Trinajstić information content (AvgIpc) is 3.48. The number of hydrogen-bond donors (Lipinski definition) is 0. The average molecular weight is 526 g/mol. The lowest BCUT2D eigenvalue weighted by Crippen LogP contribution is -2.40. The summed E-state index contributed by atoms with van der Waals surface area (Å²) in [5, 5.41) is 0. The Balaban J connectivity index is 1.92. The smallest absolute Gasteiger partial charge is 0.338 e. The molecule has 0 saturated carbocycles. The Morgan fingerprint density at radius 3 is 2.57 bits per heavy atom. The summed E-state index contributed by atoms with van der Waals surface area (Å²) in [5.74, 6) is 1.84. The van der Waals surface area contributed by atoms with Crippen molar-refractivity contribution in [3.05, 3.63) is 72.6 Å². The number of furan rings is 1. The summed E-state index contributed by atoms with van der Waals surface area (Å²) in [7, 11) is 3.10. The summed E-state index contributed by atoms with van der Waals surface area (Å²) >= 11 is 1.24. The zero-order valence-electron chi connectivity index (χ0n) is 21.9. The highest BCUT2D eigenvalue weighted by atomic mass is 32.1. The SMILES string of the molecule is CCOC(=O)C1=C(C)N=c2s/c(=C/c3ccc(N(CC)CC)o3)c(=O)n2C1c1ccc(OC)cc1OC. The number of carbonyl (C=O) groups is 1. The highest BCUT2D eigenvalue weighted by Crippen LogP contribution is 2.37. The summed E-state index contributed by atoms with van der Waals surface area (Å²) < 4.78 is 24.3. The number of esters is 1. The lowest BCUT2D eigenvalue weighted by Gasteiger charge is -2.26. The van der Waals surface area contributed by atoms with Crippen molar-refractivity contribution >= 4 is 29.3 Å². The van der Waals surface area contributed by atoms with Crippen molar-refractivity contribution in [2.75, 3.05) is 38.8 Å². The molecule has 3 aromatic rings. The van der Waals surface area contributed by atoms with Gasteiger partial charge in [0.2, 0.25) is 0 Å². The van der Waals surface area contributed by atoms with Crippen LogP contribution >= 0.6 is 11.3 Å². The van der Waals surface area contributed by atoms with Crippen LogP contribution in [-0.4, -0.2) is 44.5 Å². The number of methoxy groups -OCH3 is 2. The van der Waals surface area contributed by atoms with Gasteiger partial charge in [0, 0.05) is 36.9 Å². The lowest BCUT2D eigenvalue weighted by atomic mass is 9.95. The van der Waals surface area contributed by atoms with Gasteiger partial charge < -0.3 is 23.5 Å². The van der Waals surface area contributed by atoms with Gasteiger partial charge in [-0.05, 0) is 45.9 Å². The van der Waals surface area contributed by atoms with Gasteiger partial charge in [-0.15, -0.1) is 0 Å². The summed E-state index contributed by atoms with van der Waals surface area (Å²) in [6, 6.07) is 8.22. The van der Waals surface area contributed by atoms with Crippen molar-refractivity contribution < 1.29 is 23.4 Å². The molecule has 37 heavy (non-hydrogen) atoms. The van der Waals surface area contributed by atoms with E-state index in [9.17, 15) is 9.59 Å². The number of ether oxygens (including phenoxy) is 3. The minimum atomic E-state index is -0.791. The van der Waals surface area contributed by atoms with Crippen molar-refractivity contribution in [2.45, 2.75) is 33.7 Å². The van der Waals surface area contributed by atoms with E-state index in [0.29, 0.717) is 37.9 Å². The van der Waals surface area contributed by atoms with E-state index in [2.05, 4.69) is 23.7 Å². The number of nitrogens with zero attached hydrogens (tertiary/aromatic N) is 3. The molecule has 0 aliphatic carbocycles. The molecule has 2 aromatic heterocycles. The van der Waals surface area contributed by atoms with Crippen LogP contribution in [0.5, 0.6) is 11.5 Å². The molecule has 0 saturated heterocycles. The fraction of sp³-hybridized carbons (Fsp3) is 0.370. The van der Waals surface area contributed by atoms with Crippen LogP contribution in [0.25, 0.3) is 6.08 Å². The molecule has 196 valence electrons. The molecule has 0 spiro atoms. The first kappa shape index (κ1) is 26.3. The van der Waals surface area contributed by atoms with E-state index in [4.69, 9.17) is 18.6 Å². The van der Waals surface area contributed by atoms with E-state index < -0.39 is 12.0 Å². The normalized spacial score (nSPS) is 15.3. The van der Waals surface area contributed by atoms with Crippen LogP contribution in [0.2, 0.25) is 0 Å². The monoisotopic (exact) mass is 525 g/mol. The van der Waals surface area contributed by atoms with Crippen LogP contribution in [-0.2, 0) is 9.53 Å². The van der Waals surface area contributed by atoms with E-state index in [0.717, 1.165) is 19.0 Å². The standard InChI is InChI=1S/C27H31N3O6S/c1-7-29(8-2)22-13-11-18(36-22)15-21-25(31)30-24(19-12-10-17(33-5)14-20(19)34-6)23(26(32)35-9-3)16(4)28-27(30)37-21/h10-15,24H,7-9H2,1-6H3/b21-15+. The predicted octanol–water partition coefficient (Wildman–Crippen LogP) is 3.25. The Morgan fingerprint density at radius 2 is 1.92 bits per heavy atom. The second-order valence-corrected chi connectivity index (χ2v) is 9.27. The fourth-order valence-electron chi connectivity index (χ4n) is 4.38. The predicted molar refractivity (Wildman–Crippen MR) is 142 cm³/mol. The Labute approximate surface area is 218 Å². The van der Waals surface area contributed by atoms with E-state index in [-0.39, 0.29) is 17.7 Å². The van der Waals surface area contributed by atoms with Crippen molar-refractivity contribution in [1.82, 2.24) is 4.57 Å². The second kappa shape index (κ2) is 11.1. The first-order chi connectivity index (χ1) is 17.9. The number of aromatic nitrogens is 1. The molecule has 3 heterocycles. The molecule has 0 N–H and O–H groups in total. The van der Waals surface area contributed by atoms with E-state index in [1.165, 1.54) is 23.0 Å². The maximum Gasteiger partial charge on any atom is 0.338 e. The molecule has 0 radical (unpaired) electrons. The first-order valence-electron chi connectivity index (χ1n) is 12.1. The number of carbonyl (C=O) groups excluding carboxylic acids is 1. The Hall–Kier alpha value is -3.79. The molecule has 0 fully saturated rings. The highest BCUT2D eigenvalue weighted by molar-refractivity contribution is 7.07. The topological polar surface area (TPSA) is 95.5 Å². The number of benzene rings is 1. The van der Waals surface area contributed by atoms with Crippen molar-refractivity contribution in [3.63, 3.8) is 0 Å². The Bertz CT molecular complexity index is 1510. The summed E-state index contributed by atoms with van der Waals surface area (Å²) in [6.45, 7) is 9.41. The van der Waals surface area contributed by atoms with Crippen LogP contribution in [0.15, 0.2) is 55.8 Å². The fourth-order valence-corrected chi connectivity index (χ4v) is 5.41. The number of rotatable bonds is 9. The highest BCUT2D eigenvalue weighted by Gasteiger charge is 2.35. The molecule has 1 aliphatic heterocycles. The second-order valence-electron chi connectivity index (χ2n) is 8.26. The molecule has 10 heteroatoms. The van der Waals surface area contributed by atoms with Gasteiger partial charge >= 0.3 is 5.97 Å². The van der Waals surface area contributed by atoms with Gasteiger partial charge in [0.05, 0.1) is 36.6 Å². The minimum absolute atomic E-state index is 0.194. The molecule has 4 rings (SSSR count). The third kappa shape index (κ3) is 4.93. The summed E-state index contributed by atoms with van der Waals surface area (Å²) in [5.41, 5.74) is 1.10. The van der Waals surface area contributed by atoms with Gasteiger partial charge in [0.15, 0.2) is 10.7 Å². The maximum absolute atomic E-state index is 13.8. The molecule has 1 aliphatic rings. The van der Waals surface area contributed by atoms with E-state index in [1.807, 2.05) is 12.1 Å². The van der Waals surface area contributed by atoms with Crippen molar-refractivity contribution in [3.8, 4) is 11.5 Å². The molecular weight excluding hydrogens is 494 g/mol. The van der Waals surface area contributed by atoms with Gasteiger partial charge in [-0.3, -0.25) is 9.36 Å². The van der Waals surface area contributed by atoms with Crippen molar-refractivity contribution in [2.24, 2.45) is 4.99 Å². The molecule has 1 aromatic carbocycles. The van der Waals surface area contributed by atoms with Crippen LogP contribution in [0, 0.1) is 0 Å². The van der Waals surface area contributed by atoms with Gasteiger partial charge in [-0.25, -0.2) is 9.79 Å². The Kier molecular flexibility index (Phi) is 7.87. The van der Waals surface area contributed by atoms with E-state index in [1.54, 1.807) is 45.2 Å². The number of fused-ring (bicyclic) bond motifs is 1. The number of allylic oxidation sites excluding steroid dienone is 1. The van der Waals surface area contributed by atoms with Gasteiger partial charge in [-0.2, -0.15) is 0 Å². The minimum Gasteiger partial charge on any atom is -0.497 e. The molecule has 9 nitrogen and oxygen atoms in total. The zero-order valence-corrected chi connectivity index (χ0v) is 22.7. The van der Waals surface area contributed by atoms with E-state index >= 15 is 0 Å². The molecule has 0 bridgehead atoms. The lowest BCUT2D eigenvalue weighted by molar-refractivity contribution is -0.139. The summed E-state index contributed by atoms with van der Waals surface area (Å²) in [4.78, 5) is 34.1. The third-order valence-corrected chi connectivity index (χ3v) is 7.20. The van der Waals surface area contributed by atoms with Gasteiger partial charge in [-0.1, -0.05) is 11.3 Å². The zero-order chi connectivity index (χ0) is 26.7. The number of anilines is 1. The Morgan fingerprint density at radius 1 is 1.16 bits per heavy atom. The summed E-state index contributed by atoms with van der Waals surface area (Å²) in [6.07, 6.45) is 1.71. The van der Waals surface area contributed by atoms with Gasteiger partial charge in [0.25, 0.3) is 5.56 Å². The number of hydrogen-bond acceptors (Lipinski definition) is 9. The van der Waals surface area contributed by atoms with Crippen LogP contribution in [0.4, 0.5) is 5.88 Å². The van der Waals surface area contributed by atoms with Crippen LogP contribution in [0.1, 0.15) is 45.1 Å².